The summed E-state index contributed by atoms with van der Waals surface area (Å²) in [6.45, 7) is 0.726. The van der Waals surface area contributed by atoms with E-state index in [1.807, 2.05) is 17.0 Å². The van der Waals surface area contributed by atoms with Gasteiger partial charge in [-0.2, -0.15) is 0 Å². The van der Waals surface area contributed by atoms with Gasteiger partial charge in [0.25, 0.3) is 0 Å². The normalized spacial score (nSPS) is 21.7. The second kappa shape index (κ2) is 7.50. The molecule has 2 unspecified atom stereocenters. The van der Waals surface area contributed by atoms with Crippen LogP contribution in [0.25, 0.3) is 0 Å². The Hall–Kier alpha value is -2.33. The van der Waals surface area contributed by atoms with Crippen molar-refractivity contribution in [1.82, 2.24) is 10.2 Å². The molecule has 2 N–H and O–H groups in total. The van der Waals surface area contributed by atoms with E-state index in [0.29, 0.717) is 13.0 Å². The van der Waals surface area contributed by atoms with Crippen molar-refractivity contribution in [3.8, 4) is 0 Å². The molecule has 0 spiro atoms. The van der Waals surface area contributed by atoms with Crippen molar-refractivity contribution in [2.75, 3.05) is 6.61 Å². The van der Waals surface area contributed by atoms with Crippen LogP contribution in [0.1, 0.15) is 35.1 Å². The molecular weight excluding hydrogens is 324 g/mol. The third-order valence-corrected chi connectivity index (χ3v) is 5.75. The van der Waals surface area contributed by atoms with Gasteiger partial charge >= 0.3 is 6.03 Å². The van der Waals surface area contributed by atoms with Gasteiger partial charge in [-0.3, -0.25) is 0 Å². The maximum atomic E-state index is 13.0. The number of aryl methyl sites for hydroxylation is 1. The molecule has 0 fully saturated rings. The highest BCUT2D eigenvalue weighted by Crippen LogP contribution is 2.26. The first kappa shape index (κ1) is 17.1. The lowest BCUT2D eigenvalue weighted by Crippen LogP contribution is -2.52. The van der Waals surface area contributed by atoms with Crippen molar-refractivity contribution in [1.29, 1.82) is 0 Å². The number of benzene rings is 2. The maximum Gasteiger partial charge on any atom is 0.318 e. The largest absolute Gasteiger partial charge is 0.396 e. The van der Waals surface area contributed by atoms with E-state index in [9.17, 15) is 9.90 Å². The van der Waals surface area contributed by atoms with Crippen molar-refractivity contribution >= 4 is 6.03 Å². The highest BCUT2D eigenvalue weighted by atomic mass is 16.3. The average Bonchev–Trinajstić information content (AvgIpc) is 2.67. The van der Waals surface area contributed by atoms with Gasteiger partial charge in [-0.05, 0) is 54.4 Å². The predicted molar refractivity (Wildman–Crippen MR) is 102 cm³/mol. The first-order chi connectivity index (χ1) is 12.7. The van der Waals surface area contributed by atoms with Crippen molar-refractivity contribution < 1.29 is 9.90 Å². The smallest absolute Gasteiger partial charge is 0.318 e. The summed E-state index contributed by atoms with van der Waals surface area (Å²) < 4.78 is 0. The van der Waals surface area contributed by atoms with Crippen LogP contribution in [0, 0.1) is 0 Å². The second-order valence-corrected chi connectivity index (χ2v) is 7.42. The Bertz CT molecular complexity index is 789. The van der Waals surface area contributed by atoms with Gasteiger partial charge in [0, 0.05) is 25.2 Å². The van der Waals surface area contributed by atoms with Crippen LogP contribution in [0.15, 0.2) is 48.5 Å². The molecule has 0 aromatic heterocycles. The Morgan fingerprint density at radius 2 is 1.65 bits per heavy atom. The van der Waals surface area contributed by atoms with Gasteiger partial charge in [-0.1, -0.05) is 48.5 Å². The summed E-state index contributed by atoms with van der Waals surface area (Å²) in [5, 5.41) is 12.7. The molecule has 0 bridgehead atoms. The summed E-state index contributed by atoms with van der Waals surface area (Å²) in [5.41, 5.74) is 5.26. The molecule has 136 valence electrons. The summed E-state index contributed by atoms with van der Waals surface area (Å²) in [6, 6.07) is 17.1. The Labute approximate surface area is 154 Å². The molecule has 1 aliphatic heterocycles. The van der Waals surface area contributed by atoms with E-state index >= 15 is 0 Å². The maximum absolute atomic E-state index is 13.0. The monoisotopic (exact) mass is 350 g/mol. The zero-order valence-corrected chi connectivity index (χ0v) is 15.0. The van der Waals surface area contributed by atoms with E-state index in [1.54, 1.807) is 0 Å². The van der Waals surface area contributed by atoms with E-state index in [4.69, 9.17) is 0 Å². The number of nitrogens with zero attached hydrogens (tertiary/aromatic N) is 1. The van der Waals surface area contributed by atoms with Gasteiger partial charge in [0.1, 0.15) is 0 Å². The number of rotatable bonds is 3. The molecule has 0 radical (unpaired) electrons. The van der Waals surface area contributed by atoms with Crippen LogP contribution in [-0.4, -0.2) is 34.7 Å². The lowest BCUT2D eigenvalue weighted by Gasteiger charge is -2.38. The first-order valence-electron chi connectivity index (χ1n) is 9.56. The van der Waals surface area contributed by atoms with Gasteiger partial charge < -0.3 is 15.3 Å². The molecule has 1 heterocycles. The van der Waals surface area contributed by atoms with E-state index in [-0.39, 0.29) is 24.7 Å². The first-order valence-corrected chi connectivity index (χ1v) is 9.56. The van der Waals surface area contributed by atoms with Crippen LogP contribution in [0.3, 0.4) is 0 Å². The molecule has 2 atom stereocenters. The van der Waals surface area contributed by atoms with Crippen LogP contribution in [-0.2, 0) is 25.8 Å². The Morgan fingerprint density at radius 3 is 2.38 bits per heavy atom. The van der Waals surface area contributed by atoms with E-state index < -0.39 is 0 Å². The third kappa shape index (κ3) is 3.47. The quantitative estimate of drug-likeness (QED) is 0.894. The predicted octanol–water partition coefficient (Wildman–Crippen LogP) is 3.06. The molecule has 26 heavy (non-hydrogen) atoms. The van der Waals surface area contributed by atoms with E-state index in [1.165, 1.54) is 22.3 Å². The number of urea groups is 1. The molecule has 0 saturated carbocycles. The van der Waals surface area contributed by atoms with Crippen LogP contribution < -0.4 is 5.32 Å². The fourth-order valence-electron chi connectivity index (χ4n) is 4.31. The molecule has 2 aromatic rings. The van der Waals surface area contributed by atoms with Crippen molar-refractivity contribution in [2.24, 2.45) is 0 Å². The average molecular weight is 350 g/mol. The second-order valence-electron chi connectivity index (χ2n) is 7.42. The van der Waals surface area contributed by atoms with Gasteiger partial charge in [0.05, 0.1) is 0 Å². The van der Waals surface area contributed by atoms with Crippen LogP contribution in [0.2, 0.25) is 0 Å². The number of nitrogens with one attached hydrogen (secondary N) is 1. The highest BCUT2D eigenvalue weighted by Gasteiger charge is 2.31. The zero-order valence-electron chi connectivity index (χ0n) is 15.0. The number of carbonyl (C=O) groups is 1. The highest BCUT2D eigenvalue weighted by molar-refractivity contribution is 5.75. The Balaban J connectivity index is 1.46. The van der Waals surface area contributed by atoms with Gasteiger partial charge in [-0.15, -0.1) is 0 Å². The molecular formula is C22H26N2O2. The number of hydrogen-bond acceptors (Lipinski definition) is 2. The minimum atomic E-state index is 0.00216. The molecule has 2 aromatic carbocycles. The van der Waals surface area contributed by atoms with Gasteiger partial charge in [0.15, 0.2) is 0 Å². The number of fused-ring (bicyclic) bond motifs is 2. The van der Waals surface area contributed by atoms with Crippen molar-refractivity contribution in [3.63, 3.8) is 0 Å². The fourth-order valence-corrected chi connectivity index (χ4v) is 4.31. The number of amides is 2. The molecule has 4 rings (SSSR count). The molecule has 4 nitrogen and oxygen atoms in total. The fraction of sp³-hybridized carbons (Fsp3) is 0.409. The number of carbonyl (C=O) groups excluding carboxylic acids is 1. The number of aliphatic hydroxyl groups is 1. The summed E-state index contributed by atoms with van der Waals surface area (Å²) in [4.78, 5) is 14.9. The Kier molecular flexibility index (Phi) is 4.93. The van der Waals surface area contributed by atoms with Crippen LogP contribution >= 0.6 is 0 Å². The Morgan fingerprint density at radius 1 is 1.00 bits per heavy atom. The summed E-state index contributed by atoms with van der Waals surface area (Å²) >= 11 is 0. The zero-order chi connectivity index (χ0) is 17.9. The standard InChI is InChI=1S/C22H26N2O2/c25-12-11-21-14-18-7-3-4-8-19(18)15-24(21)22(26)23-20-10-9-16-5-1-2-6-17(16)13-20/h1-8,20-21,25H,9-15H2,(H,23,26). The third-order valence-electron chi connectivity index (χ3n) is 5.75. The van der Waals surface area contributed by atoms with Crippen molar-refractivity contribution in [2.45, 2.75) is 50.7 Å². The molecule has 4 heteroatoms. The lowest BCUT2D eigenvalue weighted by atomic mass is 9.88. The summed E-state index contributed by atoms with van der Waals surface area (Å²) in [6.07, 6.45) is 4.34. The van der Waals surface area contributed by atoms with E-state index in [2.05, 4.69) is 41.7 Å². The van der Waals surface area contributed by atoms with Gasteiger partial charge in [-0.25, -0.2) is 4.79 Å². The SMILES string of the molecule is O=C(NC1CCc2ccccc2C1)N1Cc2ccccc2CC1CCO. The molecule has 2 aliphatic rings. The summed E-state index contributed by atoms with van der Waals surface area (Å²) in [5.74, 6) is 0. The summed E-state index contributed by atoms with van der Waals surface area (Å²) in [7, 11) is 0. The lowest BCUT2D eigenvalue weighted by molar-refractivity contribution is 0.141. The van der Waals surface area contributed by atoms with Crippen LogP contribution in [0.4, 0.5) is 4.79 Å². The number of aliphatic hydroxyl groups excluding tert-OH is 1. The molecule has 0 saturated heterocycles. The topological polar surface area (TPSA) is 52.6 Å². The van der Waals surface area contributed by atoms with Crippen molar-refractivity contribution in [3.05, 3.63) is 70.8 Å². The minimum Gasteiger partial charge on any atom is -0.396 e. The molecule has 2 amide bonds. The minimum absolute atomic E-state index is 0.00216. The van der Waals surface area contributed by atoms with Crippen LogP contribution in [0.5, 0.6) is 0 Å². The molecule has 1 aliphatic carbocycles. The van der Waals surface area contributed by atoms with E-state index in [0.717, 1.165) is 25.7 Å². The number of hydrogen-bond donors (Lipinski definition) is 2. The van der Waals surface area contributed by atoms with Gasteiger partial charge in [0.2, 0.25) is 0 Å².